The predicted molar refractivity (Wildman–Crippen MR) is 53.9 cm³/mol. The van der Waals surface area contributed by atoms with Gasteiger partial charge >= 0.3 is 0 Å². The minimum Gasteiger partial charge on any atom is -0.291 e. The average molecular weight is 241 g/mol. The molecule has 1 aromatic rings. The molecule has 0 bridgehead atoms. The van der Waals surface area contributed by atoms with Gasteiger partial charge in [-0.05, 0) is 24.6 Å². The SMILES string of the molecule is CC(=O)C(=O)c1ccc(C)cc1Br. The molecular weight excluding hydrogens is 232 g/mol. The summed E-state index contributed by atoms with van der Waals surface area (Å²) in [6, 6.07) is 5.28. The summed E-state index contributed by atoms with van der Waals surface area (Å²) in [7, 11) is 0. The highest BCUT2D eigenvalue weighted by molar-refractivity contribution is 9.10. The molecule has 0 saturated carbocycles. The molecule has 1 rings (SSSR count). The molecule has 0 heterocycles. The van der Waals surface area contributed by atoms with Crippen LogP contribution in [0, 0.1) is 6.92 Å². The van der Waals surface area contributed by atoms with Crippen LogP contribution in [0.15, 0.2) is 22.7 Å². The molecule has 0 aliphatic rings. The van der Waals surface area contributed by atoms with Crippen LogP contribution in [0.2, 0.25) is 0 Å². The van der Waals surface area contributed by atoms with Crippen LogP contribution < -0.4 is 0 Å². The van der Waals surface area contributed by atoms with Crippen molar-refractivity contribution in [2.75, 3.05) is 0 Å². The number of Topliss-reactive ketones (excluding diaryl/α,β-unsaturated/α-hetero) is 2. The fourth-order valence-electron chi connectivity index (χ4n) is 0.994. The molecule has 1 aromatic carbocycles. The van der Waals surface area contributed by atoms with Crippen LogP contribution >= 0.6 is 15.9 Å². The zero-order chi connectivity index (χ0) is 10.0. The van der Waals surface area contributed by atoms with Gasteiger partial charge in [-0.3, -0.25) is 9.59 Å². The third kappa shape index (κ3) is 2.25. The van der Waals surface area contributed by atoms with Gasteiger partial charge in [-0.15, -0.1) is 0 Å². The maximum atomic E-state index is 11.3. The lowest BCUT2D eigenvalue weighted by Crippen LogP contribution is -2.10. The maximum Gasteiger partial charge on any atom is 0.229 e. The van der Waals surface area contributed by atoms with E-state index in [0.29, 0.717) is 10.0 Å². The number of aryl methyl sites for hydroxylation is 1. The van der Waals surface area contributed by atoms with Crippen LogP contribution in [0.25, 0.3) is 0 Å². The fraction of sp³-hybridized carbons (Fsp3) is 0.200. The van der Waals surface area contributed by atoms with E-state index in [0.717, 1.165) is 5.56 Å². The van der Waals surface area contributed by atoms with E-state index in [2.05, 4.69) is 15.9 Å². The summed E-state index contributed by atoms with van der Waals surface area (Å²) < 4.78 is 0.674. The highest BCUT2D eigenvalue weighted by atomic mass is 79.9. The van der Waals surface area contributed by atoms with Crippen molar-refractivity contribution >= 4 is 27.5 Å². The van der Waals surface area contributed by atoms with E-state index in [1.54, 1.807) is 12.1 Å². The first-order chi connectivity index (χ1) is 6.02. The van der Waals surface area contributed by atoms with E-state index >= 15 is 0 Å². The second-order valence-electron chi connectivity index (χ2n) is 2.87. The Morgan fingerprint density at radius 1 is 1.31 bits per heavy atom. The predicted octanol–water partition coefficient (Wildman–Crippen LogP) is 2.53. The molecule has 3 heteroatoms. The monoisotopic (exact) mass is 240 g/mol. The van der Waals surface area contributed by atoms with Gasteiger partial charge in [0.15, 0.2) is 5.78 Å². The van der Waals surface area contributed by atoms with Crippen LogP contribution in [-0.2, 0) is 4.79 Å². The molecule has 0 aliphatic heterocycles. The van der Waals surface area contributed by atoms with Gasteiger partial charge in [0.1, 0.15) is 0 Å². The quantitative estimate of drug-likeness (QED) is 0.589. The van der Waals surface area contributed by atoms with Gasteiger partial charge in [0.05, 0.1) is 0 Å². The normalized spacial score (nSPS) is 9.77. The van der Waals surface area contributed by atoms with E-state index in [9.17, 15) is 9.59 Å². The number of hydrogen-bond acceptors (Lipinski definition) is 2. The third-order valence-corrected chi connectivity index (χ3v) is 2.35. The van der Waals surface area contributed by atoms with Gasteiger partial charge in [0.25, 0.3) is 0 Å². The maximum absolute atomic E-state index is 11.3. The van der Waals surface area contributed by atoms with Crippen LogP contribution in [0.1, 0.15) is 22.8 Å². The van der Waals surface area contributed by atoms with Crippen molar-refractivity contribution in [3.8, 4) is 0 Å². The minimum atomic E-state index is -0.452. The first-order valence-corrected chi connectivity index (χ1v) is 4.63. The van der Waals surface area contributed by atoms with Crippen LogP contribution in [0.3, 0.4) is 0 Å². The molecular formula is C10H9BrO2. The van der Waals surface area contributed by atoms with Gasteiger partial charge in [-0.1, -0.05) is 22.0 Å². The van der Waals surface area contributed by atoms with Gasteiger partial charge in [0.2, 0.25) is 5.78 Å². The second kappa shape index (κ2) is 3.83. The molecule has 0 radical (unpaired) electrons. The molecule has 0 saturated heterocycles. The number of rotatable bonds is 2. The lowest BCUT2D eigenvalue weighted by atomic mass is 10.1. The standard InChI is InChI=1S/C10H9BrO2/c1-6-3-4-8(9(11)5-6)10(13)7(2)12/h3-5H,1-2H3. The Balaban J connectivity index is 3.16. The number of benzene rings is 1. The molecule has 13 heavy (non-hydrogen) atoms. The van der Waals surface area contributed by atoms with Crippen LogP contribution in [0.4, 0.5) is 0 Å². The van der Waals surface area contributed by atoms with Gasteiger partial charge in [-0.2, -0.15) is 0 Å². The summed E-state index contributed by atoms with van der Waals surface area (Å²) in [5, 5.41) is 0. The van der Waals surface area contributed by atoms with Gasteiger partial charge in [0, 0.05) is 17.0 Å². The molecule has 0 aliphatic carbocycles. The van der Waals surface area contributed by atoms with E-state index in [1.165, 1.54) is 6.92 Å². The summed E-state index contributed by atoms with van der Waals surface area (Å²) in [5.74, 6) is -0.892. The zero-order valence-electron chi connectivity index (χ0n) is 7.43. The number of carbonyl (C=O) groups is 2. The van der Waals surface area contributed by atoms with Crippen molar-refractivity contribution in [3.63, 3.8) is 0 Å². The molecule has 0 spiro atoms. The Labute approximate surface area is 85.1 Å². The Hall–Kier alpha value is -0.960. The third-order valence-electron chi connectivity index (χ3n) is 1.69. The summed E-state index contributed by atoms with van der Waals surface area (Å²) in [6.07, 6.45) is 0. The van der Waals surface area contributed by atoms with E-state index in [1.807, 2.05) is 13.0 Å². The Morgan fingerprint density at radius 3 is 2.38 bits per heavy atom. The van der Waals surface area contributed by atoms with Crippen molar-refractivity contribution in [1.82, 2.24) is 0 Å². The first kappa shape index (κ1) is 10.1. The van der Waals surface area contributed by atoms with Gasteiger partial charge < -0.3 is 0 Å². The number of hydrogen-bond donors (Lipinski definition) is 0. The molecule has 0 fully saturated rings. The Kier molecular flexibility index (Phi) is 2.98. The second-order valence-corrected chi connectivity index (χ2v) is 3.72. The lowest BCUT2D eigenvalue weighted by molar-refractivity contribution is -0.113. The van der Waals surface area contributed by atoms with E-state index in [4.69, 9.17) is 0 Å². The molecule has 0 N–H and O–H groups in total. The molecule has 0 unspecified atom stereocenters. The molecule has 0 amide bonds. The highest BCUT2D eigenvalue weighted by Gasteiger charge is 2.13. The van der Waals surface area contributed by atoms with Gasteiger partial charge in [-0.25, -0.2) is 0 Å². The molecule has 0 atom stereocenters. The smallest absolute Gasteiger partial charge is 0.229 e. The van der Waals surface area contributed by atoms with Crippen LogP contribution in [-0.4, -0.2) is 11.6 Å². The van der Waals surface area contributed by atoms with Crippen molar-refractivity contribution < 1.29 is 9.59 Å². The molecule has 68 valence electrons. The summed E-state index contributed by atoms with van der Waals surface area (Å²) in [6.45, 7) is 3.20. The minimum absolute atomic E-state index is 0.429. The lowest BCUT2D eigenvalue weighted by Gasteiger charge is -2.01. The Morgan fingerprint density at radius 2 is 1.92 bits per heavy atom. The topological polar surface area (TPSA) is 34.1 Å². The van der Waals surface area contributed by atoms with Crippen molar-refractivity contribution in [3.05, 3.63) is 33.8 Å². The largest absolute Gasteiger partial charge is 0.291 e. The molecule has 2 nitrogen and oxygen atoms in total. The summed E-state index contributed by atoms with van der Waals surface area (Å²) >= 11 is 3.24. The number of ketones is 2. The Bertz CT molecular complexity index is 369. The average Bonchev–Trinajstić information content (AvgIpc) is 2.03. The van der Waals surface area contributed by atoms with Crippen LogP contribution in [0.5, 0.6) is 0 Å². The summed E-state index contributed by atoms with van der Waals surface area (Å²) in [5.41, 5.74) is 1.48. The zero-order valence-corrected chi connectivity index (χ0v) is 9.01. The highest BCUT2D eigenvalue weighted by Crippen LogP contribution is 2.18. The van der Waals surface area contributed by atoms with Crippen molar-refractivity contribution in [2.45, 2.75) is 13.8 Å². The van der Waals surface area contributed by atoms with E-state index < -0.39 is 11.6 Å². The molecule has 0 aromatic heterocycles. The number of carbonyl (C=O) groups excluding carboxylic acids is 2. The first-order valence-electron chi connectivity index (χ1n) is 3.84. The number of halogens is 1. The van der Waals surface area contributed by atoms with Crippen molar-refractivity contribution in [2.24, 2.45) is 0 Å². The summed E-state index contributed by atoms with van der Waals surface area (Å²) in [4.78, 5) is 22.1. The van der Waals surface area contributed by atoms with E-state index in [-0.39, 0.29) is 0 Å². The van der Waals surface area contributed by atoms with Crippen molar-refractivity contribution in [1.29, 1.82) is 0 Å². The fourth-order valence-corrected chi connectivity index (χ4v) is 1.67.